The number of benzene rings is 2. The van der Waals surface area contributed by atoms with Crippen molar-refractivity contribution in [2.75, 3.05) is 11.1 Å². The van der Waals surface area contributed by atoms with Gasteiger partial charge in [-0.25, -0.2) is 8.42 Å². The van der Waals surface area contributed by atoms with Crippen molar-refractivity contribution < 1.29 is 44.7 Å². The van der Waals surface area contributed by atoms with Gasteiger partial charge >= 0.3 is 12.4 Å². The second-order valence-electron chi connectivity index (χ2n) is 7.99. The number of sulfone groups is 1. The number of amides is 1. The molecule has 0 unspecified atom stereocenters. The van der Waals surface area contributed by atoms with Crippen molar-refractivity contribution in [1.29, 1.82) is 0 Å². The summed E-state index contributed by atoms with van der Waals surface area (Å²) in [6.07, 6.45) is -10.7. The van der Waals surface area contributed by atoms with Gasteiger partial charge in [0.15, 0.2) is 9.84 Å². The SMILES string of the molecule is O=C(Cc1ccc(S(=O)(=O)CC2CC2)cc1)Nc1ccc(C(O)(C(F)(F)F)C(F)(F)F)c(Cl)c1. The molecule has 1 amide bonds. The molecule has 3 rings (SSSR count). The number of carbonyl (C=O) groups is 1. The van der Waals surface area contributed by atoms with Gasteiger partial charge in [0.25, 0.3) is 5.60 Å². The van der Waals surface area contributed by atoms with E-state index in [1.807, 2.05) is 0 Å². The molecule has 1 fully saturated rings. The van der Waals surface area contributed by atoms with Crippen molar-refractivity contribution in [3.63, 3.8) is 0 Å². The quantitative estimate of drug-likeness (QED) is 0.494. The van der Waals surface area contributed by atoms with Crippen molar-refractivity contribution in [1.82, 2.24) is 0 Å². The monoisotopic (exact) mass is 529 g/mol. The van der Waals surface area contributed by atoms with Gasteiger partial charge in [-0.15, -0.1) is 0 Å². The smallest absolute Gasteiger partial charge is 0.369 e. The molecule has 2 N–H and O–H groups in total. The molecule has 34 heavy (non-hydrogen) atoms. The van der Waals surface area contributed by atoms with E-state index in [1.54, 1.807) is 0 Å². The summed E-state index contributed by atoms with van der Waals surface area (Å²) in [5.41, 5.74) is -6.60. The third kappa shape index (κ3) is 5.49. The van der Waals surface area contributed by atoms with Gasteiger partial charge in [-0.3, -0.25) is 4.79 Å². The van der Waals surface area contributed by atoms with Gasteiger partial charge in [0.2, 0.25) is 5.91 Å². The van der Waals surface area contributed by atoms with Crippen molar-refractivity contribution in [3.8, 4) is 0 Å². The Hall–Kier alpha value is -2.31. The molecule has 0 aromatic heterocycles. The van der Waals surface area contributed by atoms with Gasteiger partial charge in [0.1, 0.15) is 0 Å². The summed E-state index contributed by atoms with van der Waals surface area (Å²) in [5, 5.41) is 10.7. The Balaban J connectivity index is 1.71. The van der Waals surface area contributed by atoms with Crippen molar-refractivity contribution in [2.45, 2.75) is 42.1 Å². The number of aliphatic hydroxyl groups is 1. The number of hydrogen-bond acceptors (Lipinski definition) is 4. The molecule has 0 atom stereocenters. The molecule has 2 aromatic rings. The second kappa shape index (κ2) is 9.04. The first-order chi connectivity index (χ1) is 15.5. The maximum Gasteiger partial charge on any atom is 0.430 e. The Labute approximate surface area is 195 Å². The van der Waals surface area contributed by atoms with Crippen LogP contribution in [0.25, 0.3) is 0 Å². The van der Waals surface area contributed by atoms with E-state index in [0.29, 0.717) is 17.7 Å². The molecule has 1 aliphatic rings. The maximum atomic E-state index is 13.1. The summed E-state index contributed by atoms with van der Waals surface area (Å²) in [7, 11) is -3.43. The molecule has 1 aliphatic carbocycles. The van der Waals surface area contributed by atoms with E-state index >= 15 is 0 Å². The van der Waals surface area contributed by atoms with Gasteiger partial charge < -0.3 is 10.4 Å². The molecule has 0 spiro atoms. The van der Waals surface area contributed by atoms with E-state index in [2.05, 4.69) is 5.32 Å². The van der Waals surface area contributed by atoms with Crippen LogP contribution in [0.2, 0.25) is 5.02 Å². The molecule has 186 valence electrons. The highest BCUT2D eigenvalue weighted by Gasteiger charge is 2.72. The molecule has 0 saturated heterocycles. The van der Waals surface area contributed by atoms with Crippen molar-refractivity contribution in [3.05, 3.63) is 58.6 Å². The van der Waals surface area contributed by atoms with E-state index in [9.17, 15) is 44.7 Å². The number of rotatable bonds is 7. The first-order valence-corrected chi connectivity index (χ1v) is 11.8. The summed E-state index contributed by atoms with van der Waals surface area (Å²) in [4.78, 5) is 12.4. The molecule has 5 nitrogen and oxygen atoms in total. The lowest BCUT2D eigenvalue weighted by atomic mass is 9.92. The van der Waals surface area contributed by atoms with Crippen LogP contribution in [0.3, 0.4) is 0 Å². The standard InChI is InChI=1S/C21H18ClF6NO4S/c22-17-10-14(5-8-16(17)19(31,20(23,24)25)21(26,27)28)29-18(30)9-12-3-6-15(7-4-12)34(32,33)11-13-1-2-13/h3-8,10,13,31H,1-2,9,11H2,(H,29,30). The molecule has 1 saturated carbocycles. The van der Waals surface area contributed by atoms with Crippen LogP contribution in [0.5, 0.6) is 0 Å². The predicted molar refractivity (Wildman–Crippen MR) is 111 cm³/mol. The zero-order valence-corrected chi connectivity index (χ0v) is 18.7. The van der Waals surface area contributed by atoms with Crippen LogP contribution in [-0.2, 0) is 26.7 Å². The number of nitrogens with one attached hydrogen (secondary N) is 1. The summed E-state index contributed by atoms with van der Waals surface area (Å²) in [5.74, 6) is -0.460. The fourth-order valence-corrected chi connectivity index (χ4v) is 5.26. The van der Waals surface area contributed by atoms with E-state index < -0.39 is 44.3 Å². The van der Waals surface area contributed by atoms with E-state index in [-0.39, 0.29) is 28.7 Å². The number of hydrogen-bond donors (Lipinski definition) is 2. The predicted octanol–water partition coefficient (Wildman–Crippen LogP) is 5.02. The molecule has 0 radical (unpaired) electrons. The molecule has 13 heteroatoms. The Morgan fingerprint density at radius 3 is 2.03 bits per heavy atom. The number of carbonyl (C=O) groups excluding carboxylic acids is 1. The summed E-state index contributed by atoms with van der Waals surface area (Å²) in [6.45, 7) is 0. The van der Waals surface area contributed by atoms with Gasteiger partial charge in [-0.2, -0.15) is 26.3 Å². The van der Waals surface area contributed by atoms with Gasteiger partial charge in [0, 0.05) is 16.3 Å². The third-order valence-corrected chi connectivity index (χ3v) is 7.48. The first kappa shape index (κ1) is 26.3. The number of halogens is 7. The maximum absolute atomic E-state index is 13.1. The molecule has 0 aliphatic heterocycles. The van der Waals surface area contributed by atoms with E-state index in [4.69, 9.17) is 11.6 Å². The van der Waals surface area contributed by atoms with Crippen LogP contribution in [0.15, 0.2) is 47.4 Å². The Kier molecular flexibility index (Phi) is 7.00. The van der Waals surface area contributed by atoms with Crippen LogP contribution >= 0.6 is 11.6 Å². The Morgan fingerprint density at radius 2 is 1.56 bits per heavy atom. The fourth-order valence-electron chi connectivity index (χ4n) is 3.25. The van der Waals surface area contributed by atoms with Gasteiger partial charge in [-0.1, -0.05) is 29.8 Å². The largest absolute Gasteiger partial charge is 0.430 e. The normalized spacial score (nSPS) is 15.3. The molecule has 0 bridgehead atoms. The lowest BCUT2D eigenvalue weighted by molar-refractivity contribution is -0.376. The second-order valence-corrected chi connectivity index (χ2v) is 10.4. The average Bonchev–Trinajstić information content (AvgIpc) is 3.49. The van der Waals surface area contributed by atoms with E-state index in [1.165, 1.54) is 24.3 Å². The van der Waals surface area contributed by atoms with Gasteiger partial charge in [0.05, 0.1) is 17.1 Å². The minimum atomic E-state index is -6.10. The minimum absolute atomic E-state index is 0.0569. The molecular formula is C21H18ClF6NO4S. The minimum Gasteiger partial charge on any atom is -0.369 e. The van der Waals surface area contributed by atoms with Gasteiger partial charge in [-0.05, 0) is 48.6 Å². The van der Waals surface area contributed by atoms with Crippen LogP contribution in [0.4, 0.5) is 32.0 Å². The Morgan fingerprint density at radius 1 is 1.00 bits per heavy atom. The molecule has 0 heterocycles. The van der Waals surface area contributed by atoms with Crippen molar-refractivity contribution in [2.24, 2.45) is 5.92 Å². The highest BCUT2D eigenvalue weighted by Crippen LogP contribution is 2.52. The van der Waals surface area contributed by atoms with Crippen molar-refractivity contribution >= 4 is 33.0 Å². The highest BCUT2D eigenvalue weighted by atomic mass is 35.5. The Bertz CT molecular complexity index is 1160. The summed E-state index contributed by atoms with van der Waals surface area (Å²) >= 11 is 5.60. The summed E-state index contributed by atoms with van der Waals surface area (Å²) in [6, 6.07) is 7.32. The topological polar surface area (TPSA) is 83.5 Å². The average molecular weight is 530 g/mol. The number of anilines is 1. The van der Waals surface area contributed by atoms with Crippen LogP contribution in [0.1, 0.15) is 24.0 Å². The third-order valence-electron chi connectivity index (χ3n) is 5.26. The fraction of sp³-hybridized carbons (Fsp3) is 0.381. The zero-order chi connectivity index (χ0) is 25.5. The van der Waals surface area contributed by atoms with Crippen LogP contribution in [-0.4, -0.2) is 37.5 Å². The van der Waals surface area contributed by atoms with Crippen LogP contribution in [0, 0.1) is 5.92 Å². The zero-order valence-electron chi connectivity index (χ0n) is 17.2. The highest BCUT2D eigenvalue weighted by molar-refractivity contribution is 7.91. The van der Waals surface area contributed by atoms with E-state index in [0.717, 1.165) is 18.9 Å². The lowest BCUT2D eigenvalue weighted by Gasteiger charge is -2.33. The summed E-state index contributed by atoms with van der Waals surface area (Å²) < 4.78 is 103. The van der Waals surface area contributed by atoms with Crippen LogP contribution < -0.4 is 5.32 Å². The number of alkyl halides is 6. The molecule has 2 aromatic carbocycles. The molecular weight excluding hydrogens is 512 g/mol. The lowest BCUT2D eigenvalue weighted by Crippen LogP contribution is -2.54. The first-order valence-electron chi connectivity index (χ1n) is 9.82.